The molecule has 4 nitrogen and oxygen atoms in total. The highest BCUT2D eigenvalue weighted by Gasteiger charge is 2.34. The fourth-order valence-corrected chi connectivity index (χ4v) is 4.33. The number of carbonyl (C=O) groups is 1. The van der Waals surface area contributed by atoms with Gasteiger partial charge in [-0.2, -0.15) is 0 Å². The van der Waals surface area contributed by atoms with Crippen molar-refractivity contribution in [3.63, 3.8) is 0 Å². The second kappa shape index (κ2) is 5.79. The number of rotatable bonds is 2. The van der Waals surface area contributed by atoms with Crippen molar-refractivity contribution in [1.29, 1.82) is 0 Å². The van der Waals surface area contributed by atoms with Crippen LogP contribution in [0.2, 0.25) is 0 Å². The van der Waals surface area contributed by atoms with E-state index in [1.54, 1.807) is 0 Å². The van der Waals surface area contributed by atoms with Gasteiger partial charge in [0.25, 0.3) is 0 Å². The molecule has 0 bridgehead atoms. The van der Waals surface area contributed by atoms with Crippen LogP contribution < -0.4 is 5.32 Å². The quantitative estimate of drug-likeness (QED) is 0.913. The molecule has 0 aromatic heterocycles. The number of sulfone groups is 1. The van der Waals surface area contributed by atoms with Crippen LogP contribution >= 0.6 is 0 Å². The largest absolute Gasteiger partial charge is 0.325 e. The van der Waals surface area contributed by atoms with Crippen molar-refractivity contribution in [3.05, 3.63) is 29.8 Å². The van der Waals surface area contributed by atoms with Crippen LogP contribution in [0.4, 0.5) is 5.69 Å². The van der Waals surface area contributed by atoms with Gasteiger partial charge in [0.1, 0.15) is 5.25 Å². The Morgan fingerprint density at radius 3 is 2.29 bits per heavy atom. The molecule has 0 radical (unpaired) electrons. The van der Waals surface area contributed by atoms with Gasteiger partial charge in [-0.1, -0.05) is 39.3 Å². The maximum atomic E-state index is 12.2. The van der Waals surface area contributed by atoms with Gasteiger partial charge in [0.05, 0.1) is 5.75 Å². The lowest BCUT2D eigenvalue weighted by molar-refractivity contribution is -0.116. The average Bonchev–Trinajstić information content (AvgIpc) is 2.37. The van der Waals surface area contributed by atoms with E-state index in [0.717, 1.165) is 6.42 Å². The molecule has 1 fully saturated rings. The lowest BCUT2D eigenvalue weighted by atomic mass is 9.87. The van der Waals surface area contributed by atoms with Gasteiger partial charge in [0.2, 0.25) is 5.91 Å². The fourth-order valence-electron chi connectivity index (χ4n) is 2.53. The molecule has 0 spiro atoms. The van der Waals surface area contributed by atoms with E-state index in [4.69, 9.17) is 0 Å². The zero-order valence-electron chi connectivity index (χ0n) is 12.8. The Kier molecular flexibility index (Phi) is 4.42. The maximum Gasteiger partial charge on any atom is 0.242 e. The normalized spacial score (nSPS) is 21.8. The van der Waals surface area contributed by atoms with Gasteiger partial charge in [0.15, 0.2) is 9.84 Å². The average molecular weight is 309 g/mol. The van der Waals surface area contributed by atoms with Crippen LogP contribution in [0.1, 0.15) is 45.6 Å². The molecule has 1 aliphatic rings. The zero-order valence-corrected chi connectivity index (χ0v) is 13.7. The van der Waals surface area contributed by atoms with Crippen molar-refractivity contribution >= 4 is 21.4 Å². The Morgan fingerprint density at radius 2 is 1.76 bits per heavy atom. The fraction of sp³-hybridized carbons (Fsp3) is 0.562. The third kappa shape index (κ3) is 3.84. The van der Waals surface area contributed by atoms with Gasteiger partial charge in [-0.05, 0) is 36.0 Å². The summed E-state index contributed by atoms with van der Waals surface area (Å²) in [4.78, 5) is 12.2. The third-order valence-corrected chi connectivity index (χ3v) is 6.06. The zero-order chi connectivity index (χ0) is 15.7. The third-order valence-electron chi connectivity index (χ3n) is 3.89. The van der Waals surface area contributed by atoms with E-state index in [9.17, 15) is 13.2 Å². The smallest absolute Gasteiger partial charge is 0.242 e. The Balaban J connectivity index is 2.09. The number of benzene rings is 1. The first-order valence-corrected chi connectivity index (χ1v) is 9.05. The number of amides is 1. The Labute approximate surface area is 126 Å². The molecule has 116 valence electrons. The molecule has 0 unspecified atom stereocenters. The second-order valence-corrected chi connectivity index (χ2v) is 8.97. The molecule has 5 heteroatoms. The van der Waals surface area contributed by atoms with Gasteiger partial charge in [0, 0.05) is 5.69 Å². The molecular formula is C16H23NO3S. The van der Waals surface area contributed by atoms with Crippen LogP contribution in [0.5, 0.6) is 0 Å². The molecule has 1 heterocycles. The van der Waals surface area contributed by atoms with E-state index in [2.05, 4.69) is 26.1 Å². The molecule has 2 rings (SSSR count). The molecule has 1 aromatic rings. The maximum absolute atomic E-state index is 12.2. The molecule has 1 atom stereocenters. The molecule has 1 saturated heterocycles. The standard InChI is InChI=1S/C16H23NO3S/c1-16(2,3)12-7-9-13(10-8-12)17-15(18)14-6-4-5-11-21(14,19)20/h7-10,14H,4-6,11H2,1-3H3,(H,17,18)/t14-/m0/s1. The summed E-state index contributed by atoms with van der Waals surface area (Å²) in [5, 5.41) is 1.83. The molecular weight excluding hydrogens is 286 g/mol. The van der Waals surface area contributed by atoms with Gasteiger partial charge in [-0.15, -0.1) is 0 Å². The summed E-state index contributed by atoms with van der Waals surface area (Å²) in [6.07, 6.45) is 1.88. The highest BCUT2D eigenvalue weighted by atomic mass is 32.2. The lowest BCUT2D eigenvalue weighted by Crippen LogP contribution is -2.39. The SMILES string of the molecule is CC(C)(C)c1ccc(NC(=O)[C@@H]2CCCCS2(=O)=O)cc1. The number of nitrogens with one attached hydrogen (secondary N) is 1. The van der Waals surface area contributed by atoms with Gasteiger partial charge < -0.3 is 5.32 Å². The van der Waals surface area contributed by atoms with Crippen LogP contribution in [-0.2, 0) is 20.0 Å². The van der Waals surface area contributed by atoms with Crippen molar-refractivity contribution in [3.8, 4) is 0 Å². The summed E-state index contributed by atoms with van der Waals surface area (Å²) in [5.74, 6) is -0.285. The number of hydrogen-bond donors (Lipinski definition) is 1. The molecule has 21 heavy (non-hydrogen) atoms. The lowest BCUT2D eigenvalue weighted by Gasteiger charge is -2.22. The summed E-state index contributed by atoms with van der Waals surface area (Å²) in [7, 11) is -3.29. The minimum atomic E-state index is -3.29. The minimum Gasteiger partial charge on any atom is -0.325 e. The van der Waals surface area contributed by atoms with Crippen molar-refractivity contribution in [2.24, 2.45) is 0 Å². The Hall–Kier alpha value is -1.36. The van der Waals surface area contributed by atoms with Gasteiger partial charge in [-0.25, -0.2) is 8.42 Å². The van der Waals surface area contributed by atoms with E-state index >= 15 is 0 Å². The highest BCUT2D eigenvalue weighted by Crippen LogP contribution is 2.25. The van der Waals surface area contributed by atoms with Crippen LogP contribution in [0.3, 0.4) is 0 Å². The monoisotopic (exact) mass is 309 g/mol. The topological polar surface area (TPSA) is 63.2 Å². The van der Waals surface area contributed by atoms with Gasteiger partial charge in [-0.3, -0.25) is 4.79 Å². The summed E-state index contributed by atoms with van der Waals surface area (Å²) in [6.45, 7) is 6.36. The number of anilines is 1. The first-order valence-electron chi connectivity index (χ1n) is 7.33. The summed E-state index contributed by atoms with van der Waals surface area (Å²) in [6, 6.07) is 7.58. The molecule has 1 amide bonds. The van der Waals surface area contributed by atoms with E-state index < -0.39 is 21.0 Å². The minimum absolute atomic E-state index is 0.0508. The van der Waals surface area contributed by atoms with E-state index in [-0.39, 0.29) is 11.2 Å². The predicted octanol–water partition coefficient (Wildman–Crippen LogP) is 2.89. The highest BCUT2D eigenvalue weighted by molar-refractivity contribution is 7.92. The Morgan fingerprint density at radius 1 is 1.14 bits per heavy atom. The summed E-state index contributed by atoms with van der Waals surface area (Å²) in [5.41, 5.74) is 1.87. The first-order chi connectivity index (χ1) is 9.70. The van der Waals surface area contributed by atoms with Crippen LogP contribution in [0.25, 0.3) is 0 Å². The van der Waals surface area contributed by atoms with Crippen molar-refractivity contribution < 1.29 is 13.2 Å². The van der Waals surface area contributed by atoms with E-state index in [1.807, 2.05) is 24.3 Å². The van der Waals surface area contributed by atoms with E-state index in [1.165, 1.54) is 5.56 Å². The summed E-state index contributed by atoms with van der Waals surface area (Å²) >= 11 is 0. The van der Waals surface area contributed by atoms with Crippen LogP contribution in [-0.4, -0.2) is 25.3 Å². The molecule has 0 saturated carbocycles. The first kappa shape index (κ1) is 16.0. The molecule has 1 N–H and O–H groups in total. The molecule has 0 aliphatic carbocycles. The second-order valence-electron chi connectivity index (χ2n) is 6.67. The Bertz CT molecular complexity index is 612. The van der Waals surface area contributed by atoms with Gasteiger partial charge >= 0.3 is 0 Å². The van der Waals surface area contributed by atoms with Crippen LogP contribution in [0.15, 0.2) is 24.3 Å². The van der Waals surface area contributed by atoms with E-state index in [0.29, 0.717) is 18.5 Å². The summed E-state index contributed by atoms with van der Waals surface area (Å²) < 4.78 is 23.9. The number of carbonyl (C=O) groups excluding carboxylic acids is 1. The van der Waals surface area contributed by atoms with Crippen LogP contribution in [0, 0.1) is 0 Å². The van der Waals surface area contributed by atoms with Crippen molar-refractivity contribution in [2.45, 2.75) is 50.7 Å². The van der Waals surface area contributed by atoms with Crippen molar-refractivity contribution in [2.75, 3.05) is 11.1 Å². The van der Waals surface area contributed by atoms with Crippen molar-refractivity contribution in [1.82, 2.24) is 0 Å². The molecule has 1 aromatic carbocycles. The molecule has 1 aliphatic heterocycles. The number of hydrogen-bond acceptors (Lipinski definition) is 3. The predicted molar refractivity (Wildman–Crippen MR) is 85.2 cm³/mol.